The van der Waals surface area contributed by atoms with Crippen LogP contribution in [0.3, 0.4) is 0 Å². The molecule has 17 heteroatoms. The molecular formula is C40H31I3N4O10. The van der Waals surface area contributed by atoms with Gasteiger partial charge in [0.1, 0.15) is 41.8 Å². The van der Waals surface area contributed by atoms with Crippen molar-refractivity contribution >= 4 is 102 Å². The van der Waals surface area contributed by atoms with E-state index in [-0.39, 0.29) is 42.6 Å². The summed E-state index contributed by atoms with van der Waals surface area (Å²) in [4.78, 5) is 61.7. The monoisotopic (exact) mass is 1110 g/mol. The maximum absolute atomic E-state index is 12.8. The van der Waals surface area contributed by atoms with E-state index in [0.29, 0.717) is 42.9 Å². The number of carbonyl (C=O) groups is 4. The number of nitrogens with one attached hydrogen (secondary N) is 4. The topological polar surface area (TPSA) is 206 Å². The molecular weight excluding hydrogens is 1080 g/mol. The molecule has 0 bridgehead atoms. The number of amides is 4. The standard InChI is InChI=1S/C40H31I3N4O10/c41-29-16-26(7-10-32(29)50)56-39-30(42)11-21(12-31(39)43)13-35(51)44-19-45-36(52)17-55-18-37(53)46-20-47-40(54)23-3-1-22(2-4-23)38-27-8-5-24(48)14-33(27)57-34-15-25(49)6-9-28(34)38/h1-12,14-16,48,50H,13,17-20H2,(H,44,51)(H,45,52)(H,46,53)(H,47,54). The molecule has 57 heavy (non-hydrogen) atoms. The van der Waals surface area contributed by atoms with Gasteiger partial charge >= 0.3 is 0 Å². The molecule has 292 valence electrons. The van der Waals surface area contributed by atoms with E-state index in [4.69, 9.17) is 13.9 Å². The van der Waals surface area contributed by atoms with E-state index in [1.54, 1.807) is 54.6 Å². The summed E-state index contributed by atoms with van der Waals surface area (Å²) in [5.74, 6) is -0.141. The molecule has 0 unspecified atom stereocenters. The summed E-state index contributed by atoms with van der Waals surface area (Å²) >= 11 is 6.28. The Morgan fingerprint density at radius 1 is 0.684 bits per heavy atom. The number of ether oxygens (including phenoxy) is 2. The fourth-order valence-corrected chi connectivity index (χ4v) is 8.20. The number of carbonyl (C=O) groups excluding carboxylic acids is 4. The molecule has 4 amide bonds. The molecule has 0 aromatic heterocycles. The molecule has 0 spiro atoms. The molecule has 14 nitrogen and oxygen atoms in total. The van der Waals surface area contributed by atoms with E-state index >= 15 is 0 Å². The molecule has 1 heterocycles. The number of hydrogen-bond donors (Lipinski definition) is 6. The van der Waals surface area contributed by atoms with Crippen LogP contribution in [-0.2, 0) is 25.5 Å². The van der Waals surface area contributed by atoms with Gasteiger partial charge in [-0.05, 0) is 146 Å². The summed E-state index contributed by atoms with van der Waals surface area (Å²) in [6, 6.07) is 24.6. The zero-order chi connectivity index (χ0) is 40.6. The SMILES string of the molecule is O=C(COCC(=O)NCNC(=O)c1ccc(-c2c3ccc(=O)cc-3oc3cc(O)ccc23)cc1)NCNC(=O)Cc1cc(I)c(Oc2ccc(O)c(I)c2)c(I)c1. The van der Waals surface area contributed by atoms with Crippen molar-refractivity contribution < 1.29 is 43.3 Å². The maximum atomic E-state index is 12.8. The molecule has 0 radical (unpaired) electrons. The van der Waals surface area contributed by atoms with Gasteiger partial charge in [0.15, 0.2) is 11.2 Å². The van der Waals surface area contributed by atoms with Gasteiger partial charge in [0.05, 0.1) is 30.5 Å². The van der Waals surface area contributed by atoms with Gasteiger partial charge in [-0.2, -0.15) is 0 Å². The summed E-state index contributed by atoms with van der Waals surface area (Å²) in [7, 11) is 0. The summed E-state index contributed by atoms with van der Waals surface area (Å²) in [6.45, 7) is -1.21. The largest absolute Gasteiger partial charge is 0.508 e. The van der Waals surface area contributed by atoms with Crippen molar-refractivity contribution in [2.75, 3.05) is 26.6 Å². The number of phenolic OH excluding ortho intramolecular Hbond substituents is 2. The predicted molar refractivity (Wildman–Crippen MR) is 235 cm³/mol. The minimum absolute atomic E-state index is 0.0137. The highest BCUT2D eigenvalue weighted by atomic mass is 127. The van der Waals surface area contributed by atoms with Crippen LogP contribution in [0.2, 0.25) is 0 Å². The van der Waals surface area contributed by atoms with Crippen molar-refractivity contribution in [1.29, 1.82) is 0 Å². The number of halogens is 3. The number of rotatable bonds is 14. The van der Waals surface area contributed by atoms with Crippen molar-refractivity contribution in [3.05, 3.63) is 123 Å². The third-order valence-corrected chi connectivity index (χ3v) is 10.7. The first-order valence-electron chi connectivity index (χ1n) is 16.9. The Bertz CT molecular complexity index is 2500. The minimum atomic E-state index is -0.564. The van der Waals surface area contributed by atoms with Crippen LogP contribution < -0.4 is 31.4 Å². The third kappa shape index (κ3) is 10.9. The quantitative estimate of drug-likeness (QED) is 0.0437. The second-order valence-electron chi connectivity index (χ2n) is 12.3. The average Bonchev–Trinajstić information content (AvgIpc) is 3.16. The second-order valence-corrected chi connectivity index (χ2v) is 15.8. The highest BCUT2D eigenvalue weighted by Crippen LogP contribution is 2.41. The lowest BCUT2D eigenvalue weighted by molar-refractivity contribution is -0.131. The summed E-state index contributed by atoms with van der Waals surface area (Å²) < 4.78 is 19.3. The lowest BCUT2D eigenvalue weighted by Gasteiger charge is -2.15. The van der Waals surface area contributed by atoms with Crippen LogP contribution in [0.15, 0.2) is 100 Å². The zero-order valence-electron chi connectivity index (χ0n) is 29.5. The number of hydrogen-bond acceptors (Lipinski definition) is 10. The maximum Gasteiger partial charge on any atom is 0.252 e. The Hall–Kier alpha value is -5.00. The van der Waals surface area contributed by atoms with Gasteiger partial charge in [-0.1, -0.05) is 12.1 Å². The van der Waals surface area contributed by atoms with Crippen LogP contribution in [0.5, 0.6) is 23.0 Å². The molecule has 0 atom stereocenters. The number of fused-ring (bicyclic) bond motifs is 2. The lowest BCUT2D eigenvalue weighted by atomic mass is 9.93. The number of aromatic hydroxyl groups is 2. The van der Waals surface area contributed by atoms with Crippen molar-refractivity contribution in [2.45, 2.75) is 6.42 Å². The third-order valence-electron chi connectivity index (χ3n) is 8.25. The molecule has 0 fully saturated rings. The van der Waals surface area contributed by atoms with Crippen LogP contribution in [0.25, 0.3) is 33.4 Å². The van der Waals surface area contributed by atoms with E-state index < -0.39 is 30.9 Å². The molecule has 4 aromatic rings. The van der Waals surface area contributed by atoms with E-state index in [1.807, 2.05) is 34.7 Å². The lowest BCUT2D eigenvalue weighted by Crippen LogP contribution is -2.41. The molecule has 1 aliphatic heterocycles. The fraction of sp³-hybridized carbons (Fsp3) is 0.125. The van der Waals surface area contributed by atoms with Gasteiger partial charge in [-0.3, -0.25) is 24.0 Å². The molecule has 0 saturated carbocycles. The van der Waals surface area contributed by atoms with E-state index in [1.165, 1.54) is 24.3 Å². The van der Waals surface area contributed by atoms with Crippen molar-refractivity contribution in [1.82, 2.24) is 21.3 Å². The first-order chi connectivity index (χ1) is 27.3. The van der Waals surface area contributed by atoms with Gasteiger partial charge < -0.3 is 45.4 Å². The molecule has 2 aliphatic rings. The zero-order valence-corrected chi connectivity index (χ0v) is 36.0. The van der Waals surface area contributed by atoms with Gasteiger partial charge in [0.2, 0.25) is 17.7 Å². The van der Waals surface area contributed by atoms with Crippen LogP contribution in [0, 0.1) is 10.7 Å². The molecule has 6 rings (SSSR count). The Morgan fingerprint density at radius 2 is 1.35 bits per heavy atom. The van der Waals surface area contributed by atoms with Crippen LogP contribution >= 0.6 is 67.8 Å². The van der Waals surface area contributed by atoms with Gasteiger partial charge in [0.25, 0.3) is 5.91 Å². The minimum Gasteiger partial charge on any atom is -0.508 e. The van der Waals surface area contributed by atoms with Crippen molar-refractivity contribution in [3.63, 3.8) is 0 Å². The first kappa shape index (κ1) is 41.6. The van der Waals surface area contributed by atoms with Crippen LogP contribution in [0.1, 0.15) is 15.9 Å². The Morgan fingerprint density at radius 3 is 2.04 bits per heavy atom. The van der Waals surface area contributed by atoms with Gasteiger partial charge in [-0.25, -0.2) is 0 Å². The number of benzene rings is 5. The highest BCUT2D eigenvalue weighted by Gasteiger charge is 2.19. The Kier molecular flexibility index (Phi) is 13.8. The average molecular weight is 1110 g/mol. The predicted octanol–water partition coefficient (Wildman–Crippen LogP) is 5.83. The molecule has 4 aromatic carbocycles. The smallest absolute Gasteiger partial charge is 0.252 e. The van der Waals surface area contributed by atoms with Gasteiger partial charge in [-0.15, -0.1) is 0 Å². The Labute approximate surface area is 365 Å². The molecule has 6 N–H and O–H groups in total. The highest BCUT2D eigenvalue weighted by molar-refractivity contribution is 14.1. The summed E-state index contributed by atoms with van der Waals surface area (Å²) in [5.41, 5.74) is 3.45. The van der Waals surface area contributed by atoms with Crippen LogP contribution in [-0.4, -0.2) is 60.4 Å². The molecule has 1 aliphatic carbocycles. The fourth-order valence-electron chi connectivity index (χ4n) is 5.59. The van der Waals surface area contributed by atoms with Crippen molar-refractivity contribution in [2.24, 2.45) is 0 Å². The van der Waals surface area contributed by atoms with Crippen molar-refractivity contribution in [3.8, 4) is 45.4 Å². The number of phenols is 2. The Balaban J connectivity index is 0.894. The second kappa shape index (κ2) is 19.0. The molecule has 0 saturated heterocycles. The first-order valence-corrected chi connectivity index (χ1v) is 20.2. The van der Waals surface area contributed by atoms with Gasteiger partial charge in [0, 0.05) is 34.2 Å². The normalized spacial score (nSPS) is 10.9. The summed E-state index contributed by atoms with van der Waals surface area (Å²) in [6.07, 6.45) is 0.0644. The van der Waals surface area contributed by atoms with Crippen LogP contribution in [0.4, 0.5) is 0 Å². The van der Waals surface area contributed by atoms with E-state index in [2.05, 4.69) is 66.4 Å². The van der Waals surface area contributed by atoms with E-state index in [0.717, 1.165) is 23.8 Å². The summed E-state index contributed by atoms with van der Waals surface area (Å²) in [5, 5.41) is 30.7. The van der Waals surface area contributed by atoms with E-state index in [9.17, 15) is 34.2 Å².